The van der Waals surface area contributed by atoms with Gasteiger partial charge in [-0.1, -0.05) is 24.6 Å². The zero-order valence-electron chi connectivity index (χ0n) is 18.8. The molecule has 1 saturated heterocycles. The molecule has 6 nitrogen and oxygen atoms in total. The van der Waals surface area contributed by atoms with Gasteiger partial charge in [0.25, 0.3) is 0 Å². The van der Waals surface area contributed by atoms with Crippen molar-refractivity contribution in [2.24, 2.45) is 11.3 Å². The molecule has 30 heavy (non-hydrogen) atoms. The van der Waals surface area contributed by atoms with E-state index in [-0.39, 0.29) is 17.4 Å². The summed E-state index contributed by atoms with van der Waals surface area (Å²) >= 11 is 6.10. The second-order valence-electron chi connectivity index (χ2n) is 9.52. The van der Waals surface area contributed by atoms with Gasteiger partial charge in [0.05, 0.1) is 5.02 Å². The normalized spacial score (nSPS) is 18.4. The van der Waals surface area contributed by atoms with Crippen LogP contribution < -0.4 is 5.32 Å². The maximum atomic E-state index is 12.1. The Morgan fingerprint density at radius 3 is 2.33 bits per heavy atom. The van der Waals surface area contributed by atoms with Crippen molar-refractivity contribution in [2.75, 3.05) is 27.2 Å². The van der Waals surface area contributed by atoms with Crippen LogP contribution in [0.25, 0.3) is 0 Å². The first-order valence-electron chi connectivity index (χ1n) is 10.3. The van der Waals surface area contributed by atoms with Crippen LogP contribution in [0.4, 0.5) is 4.79 Å². The Morgan fingerprint density at radius 2 is 1.87 bits per heavy atom. The third-order valence-corrected chi connectivity index (χ3v) is 6.15. The fourth-order valence-electron chi connectivity index (χ4n) is 4.44. The lowest BCUT2D eigenvalue weighted by Gasteiger charge is -2.60. The van der Waals surface area contributed by atoms with Gasteiger partial charge in [-0.25, -0.2) is 4.79 Å². The maximum Gasteiger partial charge on any atom is 0.410 e. The van der Waals surface area contributed by atoms with Gasteiger partial charge in [0.1, 0.15) is 5.60 Å². The van der Waals surface area contributed by atoms with E-state index in [0.29, 0.717) is 22.1 Å². The number of amides is 1. The summed E-state index contributed by atoms with van der Waals surface area (Å²) < 4.78 is 5.43. The van der Waals surface area contributed by atoms with E-state index in [4.69, 9.17) is 21.7 Å². The summed E-state index contributed by atoms with van der Waals surface area (Å²) in [6, 6.07) is 3.67. The molecule has 1 amide bonds. The SMILES string of the molecule is CC(c1ccc(Cl)c(C=O)c1C=N)C1CC2(C1)CN(C(=O)OC(C)(C)C)C2.CNC. The number of nitrogens with zero attached hydrogens (tertiary/aromatic N) is 1. The Hall–Kier alpha value is -1.92. The number of nitrogens with one attached hydrogen (secondary N) is 2. The van der Waals surface area contributed by atoms with Gasteiger partial charge in [0, 0.05) is 35.8 Å². The van der Waals surface area contributed by atoms with Crippen molar-refractivity contribution in [3.63, 3.8) is 0 Å². The van der Waals surface area contributed by atoms with Crippen LogP contribution in [0.5, 0.6) is 0 Å². The lowest BCUT2D eigenvalue weighted by molar-refractivity contribution is -0.0995. The Kier molecular flexibility index (Phi) is 7.69. The molecule has 166 valence electrons. The predicted octanol–water partition coefficient (Wildman–Crippen LogP) is 4.74. The molecule has 0 radical (unpaired) electrons. The summed E-state index contributed by atoms with van der Waals surface area (Å²) in [4.78, 5) is 25.3. The first kappa shape index (κ1) is 24.4. The van der Waals surface area contributed by atoms with Crippen LogP contribution in [-0.4, -0.2) is 56.3 Å². The van der Waals surface area contributed by atoms with Crippen LogP contribution in [-0.2, 0) is 4.74 Å². The highest BCUT2D eigenvalue weighted by molar-refractivity contribution is 6.33. The molecule has 2 aliphatic rings. The predicted molar refractivity (Wildman–Crippen MR) is 121 cm³/mol. The molecular weight excluding hydrogens is 402 g/mol. The van der Waals surface area contributed by atoms with Crippen LogP contribution in [0, 0.1) is 16.7 Å². The standard InChI is InChI=1S/C21H27ClN2O3.C2H7N/c1-13(15-5-6-18(22)17(10-25)16(15)9-23)14-7-21(8-14)11-24(12-21)19(26)27-20(2,3)4;1-3-2/h5-6,9-10,13-14,23H,7-8,11-12H2,1-4H3;3H,1-2H3. The third kappa shape index (κ3) is 5.22. The van der Waals surface area contributed by atoms with E-state index in [2.05, 4.69) is 12.2 Å². The number of ether oxygens (including phenoxy) is 1. The van der Waals surface area contributed by atoms with E-state index in [1.54, 1.807) is 11.0 Å². The molecule has 7 heteroatoms. The van der Waals surface area contributed by atoms with Gasteiger partial charge < -0.3 is 20.4 Å². The maximum absolute atomic E-state index is 12.1. The van der Waals surface area contributed by atoms with Gasteiger partial charge in [-0.15, -0.1) is 0 Å². The molecule has 2 N–H and O–H groups in total. The quantitative estimate of drug-likeness (QED) is 0.528. The molecule has 0 bridgehead atoms. The highest BCUT2D eigenvalue weighted by Gasteiger charge is 2.55. The largest absolute Gasteiger partial charge is 0.444 e. The summed E-state index contributed by atoms with van der Waals surface area (Å²) in [5.41, 5.74) is 1.75. The van der Waals surface area contributed by atoms with E-state index in [0.717, 1.165) is 37.8 Å². The van der Waals surface area contributed by atoms with E-state index in [9.17, 15) is 9.59 Å². The Labute approximate surface area is 184 Å². The molecule has 1 aliphatic carbocycles. The van der Waals surface area contributed by atoms with Gasteiger partial charge in [0.2, 0.25) is 0 Å². The molecule has 1 heterocycles. The number of halogens is 1. The number of carbonyl (C=O) groups excluding carboxylic acids is 2. The molecule has 1 saturated carbocycles. The summed E-state index contributed by atoms with van der Waals surface area (Å²) in [5.74, 6) is 0.712. The molecule has 1 atom stereocenters. The van der Waals surface area contributed by atoms with Crippen molar-refractivity contribution in [3.8, 4) is 0 Å². The lowest BCUT2D eigenvalue weighted by atomic mass is 9.54. The highest BCUT2D eigenvalue weighted by atomic mass is 35.5. The fourth-order valence-corrected chi connectivity index (χ4v) is 4.65. The molecule has 1 aliphatic heterocycles. The van der Waals surface area contributed by atoms with Crippen molar-refractivity contribution in [3.05, 3.63) is 33.8 Å². The Morgan fingerprint density at radius 1 is 1.30 bits per heavy atom. The van der Waals surface area contributed by atoms with Crippen molar-refractivity contribution in [2.45, 2.75) is 52.1 Å². The summed E-state index contributed by atoms with van der Waals surface area (Å²) in [5, 5.41) is 10.8. The number of hydrogen-bond acceptors (Lipinski definition) is 5. The van der Waals surface area contributed by atoms with Crippen LogP contribution in [0.15, 0.2) is 12.1 Å². The van der Waals surface area contributed by atoms with Crippen LogP contribution in [0.1, 0.15) is 67.9 Å². The number of carbonyl (C=O) groups is 2. The van der Waals surface area contributed by atoms with E-state index in [1.807, 2.05) is 40.9 Å². The van der Waals surface area contributed by atoms with Crippen LogP contribution in [0.3, 0.4) is 0 Å². The molecule has 0 aromatic heterocycles. The lowest BCUT2D eigenvalue weighted by Crippen LogP contribution is -2.64. The molecule has 2 fully saturated rings. The Bertz CT molecular complexity index is 790. The summed E-state index contributed by atoms with van der Waals surface area (Å²) in [7, 11) is 3.75. The Balaban J connectivity index is 0.00000101. The second-order valence-corrected chi connectivity index (χ2v) is 9.93. The topological polar surface area (TPSA) is 82.5 Å². The van der Waals surface area contributed by atoms with Crippen LogP contribution in [0.2, 0.25) is 5.02 Å². The number of hydrogen-bond donors (Lipinski definition) is 2. The molecule has 3 rings (SSSR count). The zero-order valence-corrected chi connectivity index (χ0v) is 19.6. The zero-order chi connectivity index (χ0) is 22.7. The smallest absolute Gasteiger partial charge is 0.410 e. The van der Waals surface area contributed by atoms with E-state index in [1.165, 1.54) is 6.21 Å². The minimum atomic E-state index is -0.468. The average molecular weight is 436 g/mol. The highest BCUT2D eigenvalue weighted by Crippen LogP contribution is 2.56. The summed E-state index contributed by atoms with van der Waals surface area (Å²) in [6.07, 6.45) is 3.81. The van der Waals surface area contributed by atoms with Crippen LogP contribution >= 0.6 is 11.6 Å². The number of likely N-dealkylation sites (tertiary alicyclic amines) is 1. The van der Waals surface area contributed by atoms with Gasteiger partial charge in [-0.05, 0) is 71.2 Å². The number of rotatable bonds is 4. The van der Waals surface area contributed by atoms with Crippen molar-refractivity contribution >= 4 is 30.2 Å². The molecule has 1 aromatic rings. The second kappa shape index (κ2) is 9.48. The number of benzene rings is 1. The van der Waals surface area contributed by atoms with E-state index < -0.39 is 5.60 Å². The minimum Gasteiger partial charge on any atom is -0.444 e. The first-order chi connectivity index (χ1) is 14.0. The third-order valence-electron chi connectivity index (χ3n) is 5.82. The first-order valence-corrected chi connectivity index (χ1v) is 10.7. The van der Waals surface area contributed by atoms with Gasteiger partial charge in [-0.2, -0.15) is 0 Å². The van der Waals surface area contributed by atoms with Crippen molar-refractivity contribution in [1.29, 1.82) is 5.41 Å². The average Bonchev–Trinajstić information content (AvgIpc) is 2.57. The summed E-state index contributed by atoms with van der Waals surface area (Å²) in [6.45, 7) is 9.28. The molecule has 1 unspecified atom stereocenters. The fraction of sp³-hybridized carbons (Fsp3) is 0.609. The number of aldehydes is 1. The molecule has 1 spiro atoms. The van der Waals surface area contributed by atoms with E-state index >= 15 is 0 Å². The van der Waals surface area contributed by atoms with Crippen molar-refractivity contribution < 1.29 is 14.3 Å². The monoisotopic (exact) mass is 435 g/mol. The minimum absolute atomic E-state index is 0.209. The molecule has 1 aromatic carbocycles. The van der Waals surface area contributed by atoms with Gasteiger partial charge in [0.15, 0.2) is 6.29 Å². The van der Waals surface area contributed by atoms with Gasteiger partial charge in [-0.3, -0.25) is 4.79 Å². The molecular formula is C23H34ClN3O3. The van der Waals surface area contributed by atoms with Crippen molar-refractivity contribution in [1.82, 2.24) is 10.2 Å². The van der Waals surface area contributed by atoms with Gasteiger partial charge >= 0.3 is 6.09 Å².